The van der Waals surface area contributed by atoms with Crippen LogP contribution in [0.5, 0.6) is 0 Å². The van der Waals surface area contributed by atoms with Gasteiger partial charge in [-0.25, -0.2) is 9.69 Å². The first-order valence-electron chi connectivity index (χ1n) is 7.92. The Balaban J connectivity index is 2.21. The normalized spacial score (nSPS) is 19.5. The number of cyclic esters (lactones) is 1. The first-order chi connectivity index (χ1) is 11.5. The van der Waals surface area contributed by atoms with Crippen molar-refractivity contribution in [1.29, 1.82) is 0 Å². The molecule has 128 valence electrons. The molecule has 0 saturated carbocycles. The minimum Gasteiger partial charge on any atom is -0.447 e. The van der Waals surface area contributed by atoms with Crippen LogP contribution >= 0.6 is 0 Å². The van der Waals surface area contributed by atoms with E-state index in [0.717, 1.165) is 5.56 Å². The Hall–Kier alpha value is -2.40. The van der Waals surface area contributed by atoms with Crippen LogP contribution in [0.1, 0.15) is 18.9 Å². The zero-order chi connectivity index (χ0) is 17.6. The van der Waals surface area contributed by atoms with Gasteiger partial charge < -0.3 is 9.47 Å². The first-order valence-corrected chi connectivity index (χ1v) is 7.92. The van der Waals surface area contributed by atoms with Crippen LogP contribution in [-0.2, 0) is 20.7 Å². The van der Waals surface area contributed by atoms with E-state index in [-0.39, 0.29) is 19.3 Å². The quantitative estimate of drug-likeness (QED) is 0.688. The molecule has 2 amide bonds. The molecule has 0 aliphatic carbocycles. The highest BCUT2D eigenvalue weighted by molar-refractivity contribution is 5.98. The van der Waals surface area contributed by atoms with Gasteiger partial charge in [-0.05, 0) is 18.9 Å². The summed E-state index contributed by atoms with van der Waals surface area (Å²) in [7, 11) is 0. The van der Waals surface area contributed by atoms with Crippen molar-refractivity contribution in [2.24, 2.45) is 0 Å². The summed E-state index contributed by atoms with van der Waals surface area (Å²) in [6, 6.07) is 9.35. The lowest BCUT2D eigenvalue weighted by atomic mass is 9.98. The molecule has 5 nitrogen and oxygen atoms in total. The number of hydrogen-bond donors (Lipinski definition) is 0. The second kappa shape index (κ2) is 7.93. The lowest BCUT2D eigenvalue weighted by Crippen LogP contribution is -2.52. The van der Waals surface area contributed by atoms with E-state index in [4.69, 9.17) is 9.47 Å². The van der Waals surface area contributed by atoms with Gasteiger partial charge in [0.15, 0.2) is 0 Å². The highest BCUT2D eigenvalue weighted by Crippen LogP contribution is 2.26. The van der Waals surface area contributed by atoms with E-state index in [2.05, 4.69) is 13.2 Å². The molecule has 0 bridgehead atoms. The van der Waals surface area contributed by atoms with E-state index in [0.29, 0.717) is 12.8 Å². The molecule has 1 aromatic carbocycles. The van der Waals surface area contributed by atoms with Crippen LogP contribution in [0.3, 0.4) is 0 Å². The average molecular weight is 329 g/mol. The molecule has 1 aliphatic rings. The molecule has 0 radical (unpaired) electrons. The molecule has 5 heteroatoms. The summed E-state index contributed by atoms with van der Waals surface area (Å²) < 4.78 is 10.8. The molecule has 1 fully saturated rings. The van der Waals surface area contributed by atoms with Gasteiger partial charge in [0, 0.05) is 6.42 Å². The molecular weight excluding hydrogens is 306 g/mol. The third kappa shape index (κ3) is 3.92. The summed E-state index contributed by atoms with van der Waals surface area (Å²) in [6.45, 7) is 9.33. The Bertz CT molecular complexity index is 613. The van der Waals surface area contributed by atoms with Crippen molar-refractivity contribution < 1.29 is 19.1 Å². The van der Waals surface area contributed by atoms with Crippen molar-refractivity contribution in [2.45, 2.75) is 31.4 Å². The summed E-state index contributed by atoms with van der Waals surface area (Å²) in [4.78, 5) is 26.3. The van der Waals surface area contributed by atoms with Crippen LogP contribution in [0.4, 0.5) is 4.79 Å². The lowest BCUT2D eigenvalue weighted by molar-refractivity contribution is -0.152. The lowest BCUT2D eigenvalue weighted by Gasteiger charge is -2.32. The molecule has 1 saturated heterocycles. The molecule has 0 unspecified atom stereocenters. The number of hydrogen-bond acceptors (Lipinski definition) is 4. The van der Waals surface area contributed by atoms with Crippen LogP contribution in [-0.4, -0.2) is 41.8 Å². The molecule has 0 spiro atoms. The van der Waals surface area contributed by atoms with E-state index in [1.807, 2.05) is 30.3 Å². The second-order valence-corrected chi connectivity index (χ2v) is 5.92. The minimum atomic E-state index is -1.17. The van der Waals surface area contributed by atoms with E-state index in [9.17, 15) is 9.59 Å². The number of carbonyl (C=O) groups excluding carboxylic acids is 2. The van der Waals surface area contributed by atoms with E-state index in [1.54, 1.807) is 19.1 Å². The predicted molar refractivity (Wildman–Crippen MR) is 91.5 cm³/mol. The fourth-order valence-corrected chi connectivity index (χ4v) is 2.73. The van der Waals surface area contributed by atoms with E-state index in [1.165, 1.54) is 4.90 Å². The van der Waals surface area contributed by atoms with Gasteiger partial charge in [-0.2, -0.15) is 0 Å². The van der Waals surface area contributed by atoms with Gasteiger partial charge in [0.05, 0.1) is 12.6 Å². The van der Waals surface area contributed by atoms with Crippen LogP contribution in [0.15, 0.2) is 55.6 Å². The van der Waals surface area contributed by atoms with Gasteiger partial charge in [-0.3, -0.25) is 4.79 Å². The number of imide groups is 1. The molecular formula is C19H23NO4. The van der Waals surface area contributed by atoms with Gasteiger partial charge >= 0.3 is 6.09 Å². The molecule has 0 aromatic heterocycles. The topological polar surface area (TPSA) is 55.8 Å². The number of nitrogens with zero attached hydrogens (tertiary/aromatic N) is 1. The number of amides is 2. The molecule has 24 heavy (non-hydrogen) atoms. The minimum absolute atomic E-state index is 0.186. The zero-order valence-corrected chi connectivity index (χ0v) is 13.9. The monoisotopic (exact) mass is 329 g/mol. The van der Waals surface area contributed by atoms with Gasteiger partial charge in [-0.1, -0.05) is 42.5 Å². The predicted octanol–water partition coefficient (Wildman–Crippen LogP) is 3.11. The van der Waals surface area contributed by atoms with Crippen molar-refractivity contribution in [2.75, 3.05) is 13.2 Å². The Morgan fingerprint density at radius 2 is 2.08 bits per heavy atom. The Kier molecular flexibility index (Phi) is 5.93. The largest absolute Gasteiger partial charge is 0.447 e. The highest BCUT2D eigenvalue weighted by Gasteiger charge is 2.46. The van der Waals surface area contributed by atoms with Crippen molar-refractivity contribution in [3.8, 4) is 0 Å². The molecule has 2 atom stereocenters. The Labute approximate surface area is 142 Å². The van der Waals surface area contributed by atoms with Crippen molar-refractivity contribution in [1.82, 2.24) is 4.90 Å². The molecule has 1 aliphatic heterocycles. The number of rotatable bonds is 8. The third-order valence-electron chi connectivity index (χ3n) is 4.00. The molecule has 1 heterocycles. The zero-order valence-electron chi connectivity index (χ0n) is 13.9. The molecule has 2 rings (SSSR count). The maximum absolute atomic E-state index is 13.0. The first kappa shape index (κ1) is 17.9. The summed E-state index contributed by atoms with van der Waals surface area (Å²) in [5.41, 5.74) is -0.134. The fourth-order valence-electron chi connectivity index (χ4n) is 2.73. The number of benzene rings is 1. The summed E-state index contributed by atoms with van der Waals surface area (Å²) in [6.07, 6.45) is 3.39. The summed E-state index contributed by atoms with van der Waals surface area (Å²) in [5, 5.41) is 0. The van der Waals surface area contributed by atoms with Gasteiger partial charge in [0.1, 0.15) is 12.2 Å². The second-order valence-electron chi connectivity index (χ2n) is 5.92. The van der Waals surface area contributed by atoms with E-state index >= 15 is 0 Å². The van der Waals surface area contributed by atoms with Crippen LogP contribution in [0.25, 0.3) is 0 Å². The average Bonchev–Trinajstić information content (AvgIpc) is 2.94. The van der Waals surface area contributed by atoms with Crippen molar-refractivity contribution in [3.05, 3.63) is 61.2 Å². The molecule has 1 aromatic rings. The van der Waals surface area contributed by atoms with Crippen LogP contribution < -0.4 is 0 Å². The maximum atomic E-state index is 13.0. The smallest absolute Gasteiger partial charge is 0.417 e. The van der Waals surface area contributed by atoms with Crippen LogP contribution in [0, 0.1) is 0 Å². The Morgan fingerprint density at radius 1 is 1.38 bits per heavy atom. The third-order valence-corrected chi connectivity index (χ3v) is 4.00. The standard InChI is InChI=1S/C19H23NO4/c1-4-11-19(3,24-12-5-2)17(21)20-16(14-23-18(20)22)13-15-9-7-6-8-10-15/h4-10,16H,1-2,11-14H2,3H3/t16-,19+/m0/s1. The van der Waals surface area contributed by atoms with Crippen molar-refractivity contribution >= 4 is 12.0 Å². The summed E-state index contributed by atoms with van der Waals surface area (Å²) in [5.74, 6) is -0.410. The Morgan fingerprint density at radius 3 is 2.71 bits per heavy atom. The van der Waals surface area contributed by atoms with Gasteiger partial charge in [-0.15, -0.1) is 13.2 Å². The van der Waals surface area contributed by atoms with Crippen molar-refractivity contribution in [3.63, 3.8) is 0 Å². The van der Waals surface area contributed by atoms with Gasteiger partial charge in [0.2, 0.25) is 0 Å². The highest BCUT2D eigenvalue weighted by atomic mass is 16.6. The molecule has 0 N–H and O–H groups in total. The maximum Gasteiger partial charge on any atom is 0.417 e. The number of carbonyl (C=O) groups is 2. The van der Waals surface area contributed by atoms with E-state index < -0.39 is 17.6 Å². The van der Waals surface area contributed by atoms with Gasteiger partial charge in [0.25, 0.3) is 5.91 Å². The number of ether oxygens (including phenoxy) is 2. The fraction of sp³-hybridized carbons (Fsp3) is 0.368. The summed E-state index contributed by atoms with van der Waals surface area (Å²) >= 11 is 0. The van der Waals surface area contributed by atoms with Crippen LogP contribution in [0.2, 0.25) is 0 Å². The SMILES string of the molecule is C=CCO[C@](C)(CC=C)C(=O)N1C(=O)OC[C@@H]1Cc1ccccc1.